The number of nitrogens with zero attached hydrogens (tertiary/aromatic N) is 1. The van der Waals surface area contributed by atoms with Crippen molar-refractivity contribution in [3.63, 3.8) is 0 Å². The van der Waals surface area contributed by atoms with Crippen molar-refractivity contribution in [1.82, 2.24) is 10.2 Å². The summed E-state index contributed by atoms with van der Waals surface area (Å²) in [6.07, 6.45) is 1.70. The van der Waals surface area contributed by atoms with E-state index in [1.54, 1.807) is 12.1 Å². The van der Waals surface area contributed by atoms with Crippen LogP contribution in [-0.2, 0) is 11.2 Å². The van der Waals surface area contributed by atoms with Crippen LogP contribution in [0.3, 0.4) is 0 Å². The van der Waals surface area contributed by atoms with Gasteiger partial charge in [0, 0.05) is 24.7 Å². The van der Waals surface area contributed by atoms with Gasteiger partial charge in [-0.15, -0.1) is 0 Å². The molecule has 0 saturated carbocycles. The third kappa shape index (κ3) is 4.76. The first-order valence-electron chi connectivity index (χ1n) is 9.40. The van der Waals surface area contributed by atoms with E-state index in [1.165, 1.54) is 12.1 Å². The van der Waals surface area contributed by atoms with E-state index in [1.807, 2.05) is 36.1 Å². The number of aryl methyl sites for hydroxylation is 1. The van der Waals surface area contributed by atoms with Crippen LogP contribution in [0.2, 0.25) is 0 Å². The second-order valence-electron chi connectivity index (χ2n) is 7.12. The van der Waals surface area contributed by atoms with Crippen molar-refractivity contribution in [2.45, 2.75) is 32.2 Å². The topological polar surface area (TPSA) is 86.7 Å². The summed E-state index contributed by atoms with van der Waals surface area (Å²) in [7, 11) is 0. The lowest BCUT2D eigenvalue weighted by Gasteiger charge is -2.32. The molecule has 1 fully saturated rings. The van der Waals surface area contributed by atoms with Crippen LogP contribution in [0.1, 0.15) is 44.7 Å². The van der Waals surface area contributed by atoms with Crippen LogP contribution >= 0.6 is 0 Å². The van der Waals surface area contributed by atoms with Crippen LogP contribution in [0.15, 0.2) is 48.5 Å². The SMILES string of the molecule is Cc1ccccc1C(=O)NC1CCN(C(=O)Cc2ccc(C(=O)O)cc2)CC1. The Kier molecular flexibility index (Phi) is 6.09. The molecule has 2 aromatic carbocycles. The highest BCUT2D eigenvalue weighted by Gasteiger charge is 2.24. The van der Waals surface area contributed by atoms with Crippen LogP contribution in [0.5, 0.6) is 0 Å². The summed E-state index contributed by atoms with van der Waals surface area (Å²) >= 11 is 0. The Morgan fingerprint density at radius 2 is 1.68 bits per heavy atom. The van der Waals surface area contributed by atoms with Crippen molar-refractivity contribution in [2.24, 2.45) is 0 Å². The minimum absolute atomic E-state index is 0.0201. The number of carbonyl (C=O) groups excluding carboxylic acids is 2. The maximum absolute atomic E-state index is 12.5. The van der Waals surface area contributed by atoms with Gasteiger partial charge in [-0.25, -0.2) is 4.79 Å². The minimum Gasteiger partial charge on any atom is -0.478 e. The van der Waals surface area contributed by atoms with Gasteiger partial charge in [0.25, 0.3) is 5.91 Å². The highest BCUT2D eigenvalue weighted by Crippen LogP contribution is 2.15. The molecule has 3 rings (SSSR count). The number of hydrogen-bond donors (Lipinski definition) is 2. The molecule has 1 aliphatic heterocycles. The fourth-order valence-electron chi connectivity index (χ4n) is 3.42. The van der Waals surface area contributed by atoms with Crippen molar-refractivity contribution in [1.29, 1.82) is 0 Å². The number of nitrogens with one attached hydrogen (secondary N) is 1. The van der Waals surface area contributed by atoms with Gasteiger partial charge in [-0.3, -0.25) is 9.59 Å². The van der Waals surface area contributed by atoms with Gasteiger partial charge in [-0.1, -0.05) is 30.3 Å². The van der Waals surface area contributed by atoms with E-state index in [9.17, 15) is 14.4 Å². The first kappa shape index (κ1) is 19.6. The number of likely N-dealkylation sites (tertiary alicyclic amines) is 1. The molecule has 6 nitrogen and oxygen atoms in total. The first-order valence-corrected chi connectivity index (χ1v) is 9.40. The van der Waals surface area contributed by atoms with Crippen molar-refractivity contribution >= 4 is 17.8 Å². The zero-order valence-electron chi connectivity index (χ0n) is 15.9. The molecule has 1 saturated heterocycles. The number of rotatable bonds is 5. The molecule has 0 unspecified atom stereocenters. The monoisotopic (exact) mass is 380 g/mol. The number of carbonyl (C=O) groups is 3. The number of hydrogen-bond acceptors (Lipinski definition) is 3. The van der Waals surface area contributed by atoms with E-state index in [2.05, 4.69) is 5.32 Å². The van der Waals surface area contributed by atoms with Crippen LogP contribution in [0.4, 0.5) is 0 Å². The molecule has 0 aliphatic carbocycles. The highest BCUT2D eigenvalue weighted by molar-refractivity contribution is 5.95. The lowest BCUT2D eigenvalue weighted by molar-refractivity contribution is -0.131. The van der Waals surface area contributed by atoms with Gasteiger partial charge in [0.1, 0.15) is 0 Å². The molecule has 2 N–H and O–H groups in total. The summed E-state index contributed by atoms with van der Waals surface area (Å²) in [5.41, 5.74) is 2.64. The standard InChI is InChI=1S/C22H24N2O4/c1-15-4-2-3-5-19(15)21(26)23-18-10-12-24(13-11-18)20(25)14-16-6-8-17(9-7-16)22(27)28/h2-9,18H,10-14H2,1H3,(H,23,26)(H,27,28). The van der Waals surface area contributed by atoms with Gasteiger partial charge in [0.2, 0.25) is 5.91 Å². The fourth-order valence-corrected chi connectivity index (χ4v) is 3.42. The Labute approximate surface area is 164 Å². The Bertz CT molecular complexity index is 868. The summed E-state index contributed by atoms with van der Waals surface area (Å²) in [5, 5.41) is 12.0. The molecule has 2 amide bonds. The highest BCUT2D eigenvalue weighted by atomic mass is 16.4. The van der Waals surface area contributed by atoms with Crippen LogP contribution in [0.25, 0.3) is 0 Å². The Morgan fingerprint density at radius 3 is 2.29 bits per heavy atom. The molecule has 1 heterocycles. The number of carboxylic acid groups (broad SMARTS) is 1. The van der Waals surface area contributed by atoms with Gasteiger partial charge in [0.15, 0.2) is 0 Å². The molecule has 0 bridgehead atoms. The Hall–Kier alpha value is -3.15. The van der Waals surface area contributed by atoms with E-state index in [0.29, 0.717) is 18.7 Å². The molecule has 0 aromatic heterocycles. The van der Waals surface area contributed by atoms with E-state index in [0.717, 1.165) is 24.0 Å². The Morgan fingerprint density at radius 1 is 1.04 bits per heavy atom. The summed E-state index contributed by atoms with van der Waals surface area (Å²) in [6.45, 7) is 3.12. The summed E-state index contributed by atoms with van der Waals surface area (Å²) in [5.74, 6) is -1.03. The normalized spacial score (nSPS) is 14.5. The van der Waals surface area contributed by atoms with Crippen LogP contribution < -0.4 is 5.32 Å². The maximum Gasteiger partial charge on any atom is 0.335 e. The van der Waals surface area contributed by atoms with E-state index in [4.69, 9.17) is 5.11 Å². The number of aromatic carboxylic acids is 1. The third-order valence-electron chi connectivity index (χ3n) is 5.13. The molecule has 1 aliphatic rings. The smallest absolute Gasteiger partial charge is 0.335 e. The summed E-state index contributed by atoms with van der Waals surface area (Å²) in [6, 6.07) is 13.9. The van der Waals surface area contributed by atoms with Gasteiger partial charge >= 0.3 is 5.97 Å². The Balaban J connectivity index is 1.49. The zero-order valence-corrected chi connectivity index (χ0v) is 15.9. The zero-order chi connectivity index (χ0) is 20.1. The first-order chi connectivity index (χ1) is 13.4. The van der Waals surface area contributed by atoms with Crippen molar-refractivity contribution in [3.8, 4) is 0 Å². The number of piperidine rings is 1. The molecule has 0 spiro atoms. The average Bonchev–Trinajstić information content (AvgIpc) is 2.69. The average molecular weight is 380 g/mol. The summed E-state index contributed by atoms with van der Waals surface area (Å²) in [4.78, 5) is 37.6. The predicted molar refractivity (Wildman–Crippen MR) is 105 cm³/mol. The van der Waals surface area contributed by atoms with Crippen molar-refractivity contribution in [3.05, 3.63) is 70.8 Å². The van der Waals surface area contributed by atoms with E-state index >= 15 is 0 Å². The molecular formula is C22H24N2O4. The third-order valence-corrected chi connectivity index (χ3v) is 5.13. The fraction of sp³-hybridized carbons (Fsp3) is 0.318. The number of carboxylic acids is 1. The largest absolute Gasteiger partial charge is 0.478 e. The summed E-state index contributed by atoms with van der Waals surface area (Å²) < 4.78 is 0. The molecule has 0 radical (unpaired) electrons. The molecule has 28 heavy (non-hydrogen) atoms. The van der Waals surface area contributed by atoms with E-state index in [-0.39, 0.29) is 29.8 Å². The lowest BCUT2D eigenvalue weighted by atomic mass is 10.0. The van der Waals surface area contributed by atoms with Crippen molar-refractivity contribution < 1.29 is 19.5 Å². The second-order valence-corrected chi connectivity index (χ2v) is 7.12. The molecule has 0 atom stereocenters. The van der Waals surface area contributed by atoms with Gasteiger partial charge in [-0.2, -0.15) is 0 Å². The van der Waals surface area contributed by atoms with Crippen molar-refractivity contribution in [2.75, 3.05) is 13.1 Å². The lowest BCUT2D eigenvalue weighted by Crippen LogP contribution is -2.47. The minimum atomic E-state index is -0.979. The number of benzene rings is 2. The van der Waals surface area contributed by atoms with Gasteiger partial charge in [-0.05, 0) is 49.1 Å². The van der Waals surface area contributed by atoms with Gasteiger partial charge < -0.3 is 15.3 Å². The number of amides is 2. The van der Waals surface area contributed by atoms with Gasteiger partial charge in [0.05, 0.1) is 12.0 Å². The quantitative estimate of drug-likeness (QED) is 0.835. The predicted octanol–water partition coefficient (Wildman–Crippen LogP) is 2.66. The second kappa shape index (κ2) is 8.69. The molecule has 2 aromatic rings. The molecule has 146 valence electrons. The maximum atomic E-state index is 12.5. The molecule has 6 heteroatoms. The molecular weight excluding hydrogens is 356 g/mol. The van der Waals surface area contributed by atoms with Crippen LogP contribution in [0, 0.1) is 6.92 Å². The van der Waals surface area contributed by atoms with Crippen LogP contribution in [-0.4, -0.2) is 46.9 Å². The van der Waals surface area contributed by atoms with E-state index < -0.39 is 5.97 Å².